The van der Waals surface area contributed by atoms with Crippen molar-refractivity contribution in [2.24, 2.45) is 11.7 Å². The quantitative estimate of drug-likeness (QED) is 0.673. The summed E-state index contributed by atoms with van der Waals surface area (Å²) in [7, 11) is -3.15. The van der Waals surface area contributed by atoms with E-state index in [1.807, 2.05) is 32.0 Å². The predicted octanol–water partition coefficient (Wildman–Crippen LogP) is 1.48. The molecule has 0 aliphatic heterocycles. The Balaban J connectivity index is 2.30. The Morgan fingerprint density at radius 1 is 1.23 bits per heavy atom. The van der Waals surface area contributed by atoms with E-state index in [0.717, 1.165) is 5.56 Å². The molecular weight excluding hydrogens is 300 g/mol. The fourth-order valence-electron chi connectivity index (χ4n) is 2.15. The average Bonchev–Trinajstić information content (AvgIpc) is 2.43. The Bertz CT molecular complexity index is 556. The first-order valence-electron chi connectivity index (χ1n) is 7.58. The lowest BCUT2D eigenvalue weighted by molar-refractivity contribution is -0.122. The van der Waals surface area contributed by atoms with Gasteiger partial charge in [-0.1, -0.05) is 44.2 Å². The number of benzene rings is 1. The zero-order valence-electron chi connectivity index (χ0n) is 13.3. The van der Waals surface area contributed by atoms with Crippen molar-refractivity contribution in [3.8, 4) is 0 Å². The van der Waals surface area contributed by atoms with Crippen molar-refractivity contribution in [1.29, 1.82) is 0 Å². The van der Waals surface area contributed by atoms with Gasteiger partial charge in [0.2, 0.25) is 5.91 Å². The second-order valence-electron chi connectivity index (χ2n) is 5.96. The number of hydrogen-bond donors (Lipinski definition) is 2. The van der Waals surface area contributed by atoms with Gasteiger partial charge in [-0.2, -0.15) is 0 Å². The number of carbonyl (C=O) groups is 1. The van der Waals surface area contributed by atoms with Gasteiger partial charge in [-0.05, 0) is 24.3 Å². The summed E-state index contributed by atoms with van der Waals surface area (Å²) >= 11 is 0. The fourth-order valence-corrected chi connectivity index (χ4v) is 3.58. The molecule has 0 heterocycles. The van der Waals surface area contributed by atoms with Crippen molar-refractivity contribution in [2.45, 2.75) is 38.5 Å². The molecule has 0 bridgehead atoms. The number of hydrogen-bond acceptors (Lipinski definition) is 4. The van der Waals surface area contributed by atoms with Crippen LogP contribution in [0.25, 0.3) is 0 Å². The topological polar surface area (TPSA) is 89.3 Å². The van der Waals surface area contributed by atoms with Crippen LogP contribution in [0.1, 0.15) is 32.3 Å². The summed E-state index contributed by atoms with van der Waals surface area (Å²) in [6.07, 6.45) is 1.02. The first kappa shape index (κ1) is 18.6. The Hall–Kier alpha value is -1.40. The molecule has 0 saturated carbocycles. The Labute approximate surface area is 133 Å². The maximum Gasteiger partial charge on any atom is 0.236 e. The van der Waals surface area contributed by atoms with Gasteiger partial charge < -0.3 is 11.1 Å². The summed E-state index contributed by atoms with van der Waals surface area (Å²) in [5.41, 5.74) is 6.54. The molecule has 1 rings (SSSR count). The summed E-state index contributed by atoms with van der Waals surface area (Å²) in [4.78, 5) is 11.7. The largest absolute Gasteiger partial charge is 0.355 e. The second-order valence-corrected chi connectivity index (χ2v) is 8.14. The maximum atomic E-state index is 12.0. The van der Waals surface area contributed by atoms with E-state index in [9.17, 15) is 13.2 Å². The van der Waals surface area contributed by atoms with Crippen molar-refractivity contribution in [2.75, 3.05) is 12.3 Å². The molecule has 6 heteroatoms. The highest BCUT2D eigenvalue weighted by atomic mass is 32.2. The smallest absolute Gasteiger partial charge is 0.236 e. The number of nitrogens with one attached hydrogen (secondary N) is 1. The van der Waals surface area contributed by atoms with E-state index in [4.69, 9.17) is 5.73 Å². The third kappa shape index (κ3) is 7.56. The number of carbonyl (C=O) groups excluding carboxylic acids is 1. The predicted molar refractivity (Wildman–Crippen MR) is 89.0 cm³/mol. The van der Waals surface area contributed by atoms with E-state index in [-0.39, 0.29) is 17.4 Å². The molecule has 1 aromatic rings. The zero-order chi connectivity index (χ0) is 16.6. The Morgan fingerprint density at radius 2 is 1.86 bits per heavy atom. The van der Waals surface area contributed by atoms with Crippen LogP contribution in [0.2, 0.25) is 0 Å². The molecule has 124 valence electrons. The van der Waals surface area contributed by atoms with Crippen molar-refractivity contribution in [3.63, 3.8) is 0 Å². The molecule has 0 spiro atoms. The van der Waals surface area contributed by atoms with Gasteiger partial charge in [0.1, 0.15) is 0 Å². The van der Waals surface area contributed by atoms with Crippen molar-refractivity contribution in [1.82, 2.24) is 5.32 Å². The van der Waals surface area contributed by atoms with Crippen molar-refractivity contribution < 1.29 is 13.2 Å². The first-order chi connectivity index (χ1) is 10.3. The summed E-state index contributed by atoms with van der Waals surface area (Å²) in [5.74, 6) is 0.233. The van der Waals surface area contributed by atoms with Crippen molar-refractivity contribution >= 4 is 15.7 Å². The molecule has 22 heavy (non-hydrogen) atoms. The maximum absolute atomic E-state index is 12.0. The molecule has 1 atom stereocenters. The summed E-state index contributed by atoms with van der Waals surface area (Å²) < 4.78 is 24.0. The highest BCUT2D eigenvalue weighted by molar-refractivity contribution is 7.90. The van der Waals surface area contributed by atoms with Crippen LogP contribution in [-0.4, -0.2) is 32.7 Å². The Kier molecular flexibility index (Phi) is 7.55. The SMILES string of the molecule is CC(C)C[C@H](N)C(=O)NCCCS(=O)(=O)Cc1ccccc1. The van der Waals surface area contributed by atoms with E-state index in [1.165, 1.54) is 0 Å². The van der Waals surface area contributed by atoms with Crippen LogP contribution in [-0.2, 0) is 20.4 Å². The van der Waals surface area contributed by atoms with Gasteiger partial charge in [0.15, 0.2) is 9.84 Å². The monoisotopic (exact) mass is 326 g/mol. The van der Waals surface area contributed by atoms with Gasteiger partial charge in [-0.15, -0.1) is 0 Å². The van der Waals surface area contributed by atoms with Gasteiger partial charge >= 0.3 is 0 Å². The number of nitrogens with two attached hydrogens (primary N) is 1. The zero-order valence-corrected chi connectivity index (χ0v) is 14.1. The van der Waals surface area contributed by atoms with Crippen LogP contribution in [0.4, 0.5) is 0 Å². The minimum atomic E-state index is -3.15. The molecule has 0 aliphatic rings. The highest BCUT2D eigenvalue weighted by Gasteiger charge is 2.15. The van der Waals surface area contributed by atoms with Gasteiger partial charge in [-0.3, -0.25) is 4.79 Å². The van der Waals surface area contributed by atoms with Gasteiger partial charge in [0, 0.05) is 6.54 Å². The summed E-state index contributed by atoms with van der Waals surface area (Å²) in [5, 5.41) is 2.70. The van der Waals surface area contributed by atoms with E-state index < -0.39 is 15.9 Å². The normalized spacial score (nSPS) is 13.1. The van der Waals surface area contributed by atoms with Gasteiger partial charge in [0.25, 0.3) is 0 Å². The lowest BCUT2D eigenvalue weighted by atomic mass is 10.0. The van der Waals surface area contributed by atoms with E-state index >= 15 is 0 Å². The summed E-state index contributed by atoms with van der Waals surface area (Å²) in [6.45, 7) is 4.34. The molecule has 0 aliphatic carbocycles. The number of sulfone groups is 1. The minimum Gasteiger partial charge on any atom is -0.355 e. The lowest BCUT2D eigenvalue weighted by Crippen LogP contribution is -2.42. The lowest BCUT2D eigenvalue weighted by Gasteiger charge is -2.14. The third-order valence-electron chi connectivity index (χ3n) is 3.22. The molecule has 0 fully saturated rings. The van der Waals surface area contributed by atoms with Crippen molar-refractivity contribution in [3.05, 3.63) is 35.9 Å². The van der Waals surface area contributed by atoms with E-state index in [1.54, 1.807) is 12.1 Å². The average molecular weight is 326 g/mol. The second kappa shape index (κ2) is 8.90. The van der Waals surface area contributed by atoms with Crippen LogP contribution in [0.5, 0.6) is 0 Å². The molecule has 0 aromatic heterocycles. The molecule has 0 unspecified atom stereocenters. The fraction of sp³-hybridized carbons (Fsp3) is 0.562. The molecule has 3 N–H and O–H groups in total. The van der Waals surface area contributed by atoms with E-state index in [2.05, 4.69) is 5.32 Å². The third-order valence-corrected chi connectivity index (χ3v) is 4.91. The van der Waals surface area contributed by atoms with Crippen LogP contribution in [0.15, 0.2) is 30.3 Å². The standard InChI is InChI=1S/C16H26N2O3S/c1-13(2)11-15(17)16(19)18-9-6-10-22(20,21)12-14-7-4-3-5-8-14/h3-5,7-8,13,15H,6,9-12,17H2,1-2H3,(H,18,19)/t15-/m0/s1. The van der Waals surface area contributed by atoms with Crippen LogP contribution in [0, 0.1) is 5.92 Å². The van der Waals surface area contributed by atoms with Crippen LogP contribution >= 0.6 is 0 Å². The van der Waals surface area contributed by atoms with Gasteiger partial charge in [-0.25, -0.2) is 8.42 Å². The van der Waals surface area contributed by atoms with Gasteiger partial charge in [0.05, 0.1) is 17.5 Å². The molecule has 0 radical (unpaired) electrons. The molecule has 1 amide bonds. The summed E-state index contributed by atoms with van der Waals surface area (Å²) in [6, 6.07) is 8.56. The highest BCUT2D eigenvalue weighted by Crippen LogP contribution is 2.07. The molecule has 0 saturated heterocycles. The van der Waals surface area contributed by atoms with Crippen LogP contribution in [0.3, 0.4) is 0 Å². The van der Waals surface area contributed by atoms with E-state index in [0.29, 0.717) is 25.3 Å². The first-order valence-corrected chi connectivity index (χ1v) is 9.40. The Morgan fingerprint density at radius 3 is 2.45 bits per heavy atom. The minimum absolute atomic E-state index is 0.0364. The number of amides is 1. The number of rotatable bonds is 9. The molecular formula is C16H26N2O3S. The molecule has 1 aromatic carbocycles. The van der Waals surface area contributed by atoms with Crippen LogP contribution < -0.4 is 11.1 Å². The molecule has 5 nitrogen and oxygen atoms in total.